The van der Waals surface area contributed by atoms with Gasteiger partial charge in [-0.15, -0.1) is 0 Å². The normalized spacial score (nSPS) is 16.9. The minimum Gasteiger partial charge on any atom is -0.467 e. The zero-order valence-corrected chi connectivity index (χ0v) is 14.6. The molecule has 1 N–H and O–H groups in total. The van der Waals surface area contributed by atoms with E-state index in [1.165, 1.54) is 11.2 Å². The highest BCUT2D eigenvalue weighted by Crippen LogP contribution is 2.20. The molecule has 1 atom stereocenters. The molecule has 1 aliphatic rings. The van der Waals surface area contributed by atoms with Crippen molar-refractivity contribution in [1.29, 1.82) is 0 Å². The molecule has 0 spiro atoms. The van der Waals surface area contributed by atoms with E-state index in [0.717, 1.165) is 25.3 Å². The van der Waals surface area contributed by atoms with Crippen LogP contribution < -0.4 is 5.32 Å². The van der Waals surface area contributed by atoms with Gasteiger partial charge in [0.2, 0.25) is 10.0 Å². The van der Waals surface area contributed by atoms with Gasteiger partial charge in [0.1, 0.15) is 11.9 Å². The third-order valence-corrected chi connectivity index (χ3v) is 5.59. The first kappa shape index (κ1) is 19.3. The van der Waals surface area contributed by atoms with Gasteiger partial charge in [0.05, 0.1) is 30.8 Å². The first-order valence-electron chi connectivity index (χ1n) is 7.53. The molecule has 25 heavy (non-hydrogen) atoms. The van der Waals surface area contributed by atoms with Crippen LogP contribution in [0.5, 0.6) is 0 Å². The third kappa shape index (κ3) is 4.33. The summed E-state index contributed by atoms with van der Waals surface area (Å²) in [7, 11) is -2.72. The van der Waals surface area contributed by atoms with Crippen LogP contribution in [0.4, 0.5) is 4.39 Å². The van der Waals surface area contributed by atoms with E-state index in [2.05, 4.69) is 10.1 Å². The molecule has 0 aromatic heterocycles. The van der Waals surface area contributed by atoms with Gasteiger partial charge in [-0.2, -0.15) is 4.31 Å². The molecule has 1 fully saturated rings. The summed E-state index contributed by atoms with van der Waals surface area (Å²) in [6, 6.07) is 1.96. The molecule has 0 bridgehead atoms. The van der Waals surface area contributed by atoms with Crippen LogP contribution in [-0.4, -0.2) is 64.1 Å². The Hall–Kier alpha value is -2.04. The highest BCUT2D eigenvalue weighted by atomic mass is 32.2. The summed E-state index contributed by atoms with van der Waals surface area (Å²) < 4.78 is 50.0. The summed E-state index contributed by atoms with van der Waals surface area (Å²) in [5.41, 5.74) is -0.468. The summed E-state index contributed by atoms with van der Waals surface area (Å²) in [5, 5.41) is 2.26. The van der Waals surface area contributed by atoms with E-state index in [0.29, 0.717) is 0 Å². The number of nitrogens with zero attached hydrogens (tertiary/aromatic N) is 1. The smallest absolute Gasteiger partial charge is 0.328 e. The molecule has 1 heterocycles. The summed E-state index contributed by atoms with van der Waals surface area (Å²) in [6.07, 6.45) is 0. The minimum atomic E-state index is -3.87. The summed E-state index contributed by atoms with van der Waals surface area (Å²) in [6.45, 7) is 2.27. The van der Waals surface area contributed by atoms with E-state index < -0.39 is 39.3 Å². The van der Waals surface area contributed by atoms with Crippen molar-refractivity contribution in [2.45, 2.75) is 17.9 Å². The molecular weight excluding hydrogens is 355 g/mol. The molecule has 0 saturated carbocycles. The fourth-order valence-electron chi connectivity index (χ4n) is 2.28. The van der Waals surface area contributed by atoms with Gasteiger partial charge in [-0.25, -0.2) is 17.6 Å². The summed E-state index contributed by atoms with van der Waals surface area (Å²) in [4.78, 5) is 23.3. The molecule has 0 aliphatic carbocycles. The van der Waals surface area contributed by atoms with E-state index in [4.69, 9.17) is 4.74 Å². The molecular formula is C15H19FN2O6S. The minimum absolute atomic E-state index is 0.181. The van der Waals surface area contributed by atoms with Crippen LogP contribution in [0.15, 0.2) is 23.1 Å². The first-order valence-corrected chi connectivity index (χ1v) is 8.97. The van der Waals surface area contributed by atoms with Crippen LogP contribution in [0.1, 0.15) is 17.3 Å². The van der Waals surface area contributed by atoms with Crippen molar-refractivity contribution < 1.29 is 31.9 Å². The van der Waals surface area contributed by atoms with Gasteiger partial charge in [0.25, 0.3) is 5.91 Å². The Bertz CT molecular complexity index is 761. The van der Waals surface area contributed by atoms with Gasteiger partial charge in [0, 0.05) is 13.1 Å². The number of amides is 1. The van der Waals surface area contributed by atoms with Crippen LogP contribution in [0, 0.1) is 5.82 Å². The van der Waals surface area contributed by atoms with Crippen LogP contribution in [0.25, 0.3) is 0 Å². The zero-order valence-electron chi connectivity index (χ0n) is 13.8. The Morgan fingerprint density at radius 2 is 1.96 bits per heavy atom. The maximum Gasteiger partial charge on any atom is 0.328 e. The number of nitrogens with one attached hydrogen (secondary N) is 1. The molecule has 1 aromatic carbocycles. The number of hydrogen-bond acceptors (Lipinski definition) is 6. The predicted molar refractivity (Wildman–Crippen MR) is 84.9 cm³/mol. The largest absolute Gasteiger partial charge is 0.467 e. The molecule has 10 heteroatoms. The average Bonchev–Trinajstić information content (AvgIpc) is 2.61. The van der Waals surface area contributed by atoms with E-state index in [1.54, 1.807) is 0 Å². The van der Waals surface area contributed by atoms with Gasteiger partial charge >= 0.3 is 5.97 Å². The Morgan fingerprint density at radius 3 is 2.56 bits per heavy atom. The van der Waals surface area contributed by atoms with E-state index >= 15 is 0 Å². The number of sulfonamides is 1. The maximum atomic E-state index is 14.0. The highest BCUT2D eigenvalue weighted by molar-refractivity contribution is 7.89. The molecule has 8 nitrogen and oxygen atoms in total. The Labute approximate surface area is 144 Å². The first-order chi connectivity index (χ1) is 11.8. The lowest BCUT2D eigenvalue weighted by molar-refractivity contribution is -0.142. The van der Waals surface area contributed by atoms with Crippen LogP contribution in [0.3, 0.4) is 0 Å². The molecule has 1 aromatic rings. The number of carbonyl (C=O) groups is 2. The van der Waals surface area contributed by atoms with Crippen molar-refractivity contribution in [3.63, 3.8) is 0 Å². The van der Waals surface area contributed by atoms with E-state index in [1.807, 2.05) is 0 Å². The van der Waals surface area contributed by atoms with Crippen LogP contribution in [0.2, 0.25) is 0 Å². The fourth-order valence-corrected chi connectivity index (χ4v) is 3.72. The second kappa shape index (κ2) is 7.89. The van der Waals surface area contributed by atoms with Crippen molar-refractivity contribution in [3.8, 4) is 0 Å². The number of hydrogen-bond donors (Lipinski definition) is 1. The molecule has 1 amide bonds. The number of rotatable bonds is 5. The van der Waals surface area contributed by atoms with Gasteiger partial charge in [-0.3, -0.25) is 4.79 Å². The van der Waals surface area contributed by atoms with E-state index in [-0.39, 0.29) is 31.2 Å². The second-order valence-electron chi connectivity index (χ2n) is 5.38. The number of halogens is 1. The molecule has 1 saturated heterocycles. The Kier molecular flexibility index (Phi) is 6.09. The number of carbonyl (C=O) groups excluding carboxylic acids is 2. The van der Waals surface area contributed by atoms with Gasteiger partial charge in [-0.05, 0) is 25.1 Å². The fraction of sp³-hybridized carbons (Fsp3) is 0.467. The number of benzene rings is 1. The average molecular weight is 374 g/mol. The quantitative estimate of drug-likeness (QED) is 0.736. The zero-order chi connectivity index (χ0) is 18.6. The molecule has 2 rings (SSSR count). The standard InChI is InChI=1S/C15H19FN2O6S/c1-10(15(20)23-2)17-14(19)12-9-11(3-4-13(12)16)25(21,22)18-5-7-24-8-6-18/h3-4,9-10H,5-8H2,1-2H3,(H,17,19)/t10-/m0/s1. The lowest BCUT2D eigenvalue weighted by atomic mass is 10.2. The number of ether oxygens (including phenoxy) is 2. The Balaban J connectivity index is 2.27. The van der Waals surface area contributed by atoms with Crippen molar-refractivity contribution in [3.05, 3.63) is 29.6 Å². The van der Waals surface area contributed by atoms with Gasteiger partial charge < -0.3 is 14.8 Å². The number of methoxy groups -OCH3 is 1. The lowest BCUT2D eigenvalue weighted by Crippen LogP contribution is -2.41. The summed E-state index contributed by atoms with van der Waals surface area (Å²) >= 11 is 0. The van der Waals surface area contributed by atoms with Crippen LogP contribution in [-0.2, 0) is 24.3 Å². The SMILES string of the molecule is COC(=O)[C@H](C)NC(=O)c1cc(S(=O)(=O)N2CCOCC2)ccc1F. The van der Waals surface area contributed by atoms with Gasteiger partial charge in [0.15, 0.2) is 0 Å². The Morgan fingerprint density at radius 1 is 1.32 bits per heavy atom. The topological polar surface area (TPSA) is 102 Å². The lowest BCUT2D eigenvalue weighted by Gasteiger charge is -2.26. The predicted octanol–water partition coefficient (Wildman–Crippen LogP) is 0.138. The molecule has 0 unspecified atom stereocenters. The molecule has 138 valence electrons. The maximum absolute atomic E-state index is 14.0. The van der Waals surface area contributed by atoms with Crippen molar-refractivity contribution >= 4 is 21.9 Å². The highest BCUT2D eigenvalue weighted by Gasteiger charge is 2.28. The summed E-state index contributed by atoms with van der Waals surface area (Å²) in [5.74, 6) is -2.50. The molecule has 1 aliphatic heterocycles. The van der Waals surface area contributed by atoms with Crippen molar-refractivity contribution in [2.24, 2.45) is 0 Å². The van der Waals surface area contributed by atoms with Crippen LogP contribution >= 0.6 is 0 Å². The van der Waals surface area contributed by atoms with E-state index in [9.17, 15) is 22.4 Å². The molecule has 0 radical (unpaired) electrons. The van der Waals surface area contributed by atoms with Crippen molar-refractivity contribution in [2.75, 3.05) is 33.4 Å². The second-order valence-corrected chi connectivity index (χ2v) is 7.31. The van der Waals surface area contributed by atoms with Crippen molar-refractivity contribution in [1.82, 2.24) is 9.62 Å². The number of morpholine rings is 1. The number of esters is 1. The van der Waals surface area contributed by atoms with Gasteiger partial charge in [-0.1, -0.05) is 0 Å². The monoisotopic (exact) mass is 374 g/mol. The third-order valence-electron chi connectivity index (χ3n) is 3.69.